The Kier molecular flexibility index (Phi) is 29.2. The molecular weight excluding hydrogens is 1350 g/mol. The highest BCUT2D eigenvalue weighted by Crippen LogP contribution is 2.38. The topological polar surface area (TPSA) is 304 Å². The van der Waals surface area contributed by atoms with E-state index in [0.29, 0.717) is 58.0 Å². The summed E-state index contributed by atoms with van der Waals surface area (Å²) in [5.74, 6) is -10.6. The van der Waals surface area contributed by atoms with Crippen LogP contribution in [-0.4, -0.2) is 272 Å². The second kappa shape index (κ2) is 35.7. The molecule has 3 N–H and O–H groups in total. The maximum absolute atomic E-state index is 15.8. The molecule has 26 nitrogen and oxygen atoms in total. The Morgan fingerprint density at radius 2 is 1.25 bits per heavy atom. The van der Waals surface area contributed by atoms with Gasteiger partial charge in [-0.1, -0.05) is 83.9 Å². The summed E-state index contributed by atoms with van der Waals surface area (Å²) in [5.41, 5.74) is -2.47. The van der Waals surface area contributed by atoms with Crippen LogP contribution in [0.2, 0.25) is 5.02 Å². The lowest BCUT2D eigenvalue weighted by molar-refractivity contribution is -0.157. The van der Waals surface area contributed by atoms with Crippen molar-refractivity contribution in [3.05, 3.63) is 34.3 Å². The van der Waals surface area contributed by atoms with Crippen molar-refractivity contribution >= 4 is 92.3 Å². The molecule has 2 saturated carbocycles. The second-order valence-corrected chi connectivity index (χ2v) is 31.5. The number of likely N-dealkylation sites (N-methyl/N-ethyl adjacent to an activating group) is 7. The number of sulfone groups is 1. The normalized spacial score (nSPS) is 26.0. The van der Waals surface area contributed by atoms with Gasteiger partial charge in [-0.3, -0.25) is 57.5 Å². The largest absolute Gasteiger partial charge is 0.417 e. The van der Waals surface area contributed by atoms with E-state index in [2.05, 4.69) is 16.0 Å². The molecule has 0 bridgehead atoms. The Bertz CT molecular complexity index is 3270. The number of piperidine rings is 1. The number of halogens is 4. The highest BCUT2D eigenvalue weighted by Gasteiger charge is 2.51. The molecule has 0 aromatic heterocycles. The number of carbonyl (C=O) groups is 12. The van der Waals surface area contributed by atoms with Gasteiger partial charge in [-0.05, 0) is 119 Å². The van der Waals surface area contributed by atoms with Crippen molar-refractivity contribution in [2.45, 2.75) is 210 Å². The van der Waals surface area contributed by atoms with Gasteiger partial charge in [-0.25, -0.2) is 8.42 Å². The van der Waals surface area contributed by atoms with E-state index in [4.69, 9.17) is 11.6 Å². The minimum Gasteiger partial charge on any atom is -0.343 e. The smallest absolute Gasteiger partial charge is 0.343 e. The SMILES string of the molecule is CC[C@H](C)[C@@H]1NC(=O)[C@H](CC(C)C)N(C)C(=O)C[C@@H](C(=O)N2CCCCC2)N(C)C(=O)[C@H](C2CCCCC2)N(C)C(=O)C2(CCCC2)NC(=O)C2CCCN2C(=O)[C@H](CCc2ccc(C(F)(F)F)c(Cl)c2)NC(=O)CN(C)C(=O)[C@H](CCS(C)(=O)=O)N(C)C(=O)CN(C)C(=O)CN(C)C1=O. The number of benzene rings is 1. The fourth-order valence-corrected chi connectivity index (χ4v) is 15.5. The first-order chi connectivity index (χ1) is 46.8. The number of fused-ring (bicyclic) bond motifs is 1. The molecule has 100 heavy (non-hydrogen) atoms. The first-order valence-electron chi connectivity index (χ1n) is 35.2. The average molecular weight is 1450 g/mol. The molecule has 1 spiro atoms. The summed E-state index contributed by atoms with van der Waals surface area (Å²) < 4.78 is 66.7. The van der Waals surface area contributed by atoms with Gasteiger partial charge in [0.2, 0.25) is 70.9 Å². The van der Waals surface area contributed by atoms with Gasteiger partial charge in [0.15, 0.2) is 0 Å². The zero-order valence-electron chi connectivity index (χ0n) is 60.3. The number of rotatable bonds is 12. The molecule has 31 heteroatoms. The first-order valence-corrected chi connectivity index (χ1v) is 37.6. The van der Waals surface area contributed by atoms with E-state index in [-0.39, 0.29) is 63.0 Å². The molecule has 1 aromatic carbocycles. The standard InChI is InChI=1S/C69H106ClF3N12O14S/c1-13-44(4)58-65(95)79(7)41-56(88)77(5)42-57(89)80(8)51(30-36-100(12,98)99)63(93)78(6)40-54(86)74-49(29-27-45-26-28-47(48(70)38-45)69(71,72)73)62(92)85-35-22-25-50(85)61(91)76-68(31-18-19-32-68)67(97)83(11)59(46-23-16-14-17-24-46)66(96)82(10)53(64(94)84-33-20-15-21-34-84)39-55(87)81(9)52(37-43(2)3)60(90)75-58/h26,28,38,43-44,46,49-53,58-59H,13-25,27,29-37,39-42H2,1-12H3,(H,74,86)(H,75,90)(H,76,91)/t44-,49-,50?,51-,52-,53-,58-,59-/m0/s1. The summed E-state index contributed by atoms with van der Waals surface area (Å²) in [4.78, 5) is 189. The molecule has 5 aliphatic rings. The van der Waals surface area contributed by atoms with Crippen molar-refractivity contribution in [2.24, 2.45) is 17.8 Å². The maximum Gasteiger partial charge on any atom is 0.417 e. The Morgan fingerprint density at radius 3 is 1.84 bits per heavy atom. The number of hydrogen-bond acceptors (Lipinski definition) is 14. The van der Waals surface area contributed by atoms with E-state index in [1.54, 1.807) is 18.7 Å². The Labute approximate surface area is 591 Å². The van der Waals surface area contributed by atoms with Crippen LogP contribution >= 0.6 is 11.6 Å². The van der Waals surface area contributed by atoms with Crippen molar-refractivity contribution in [3.63, 3.8) is 0 Å². The molecule has 6 rings (SSSR count). The molecule has 560 valence electrons. The number of carbonyl (C=O) groups excluding carboxylic acids is 12. The number of amides is 12. The summed E-state index contributed by atoms with van der Waals surface area (Å²) in [6.07, 6.45) is 2.34. The molecule has 2 aliphatic carbocycles. The van der Waals surface area contributed by atoms with Crippen molar-refractivity contribution < 1.29 is 79.1 Å². The minimum absolute atomic E-state index is 0.0168. The van der Waals surface area contributed by atoms with Gasteiger partial charge in [-0.2, -0.15) is 13.2 Å². The zero-order valence-corrected chi connectivity index (χ0v) is 61.8. The van der Waals surface area contributed by atoms with Gasteiger partial charge in [0, 0.05) is 75.2 Å². The summed E-state index contributed by atoms with van der Waals surface area (Å²) in [5, 5.41) is 7.93. The number of hydrogen-bond donors (Lipinski definition) is 3. The van der Waals surface area contributed by atoms with Gasteiger partial charge < -0.3 is 60.0 Å². The molecule has 3 aliphatic heterocycles. The molecule has 3 saturated heterocycles. The Hall–Kier alpha value is -7.11. The molecular formula is C69H106ClF3N12O14S. The lowest BCUT2D eigenvalue weighted by Gasteiger charge is -2.43. The summed E-state index contributed by atoms with van der Waals surface area (Å²) in [6, 6.07) is -6.38. The monoisotopic (exact) mass is 1450 g/mol. The van der Waals surface area contributed by atoms with Crippen LogP contribution in [-0.2, 0) is 80.0 Å². The van der Waals surface area contributed by atoms with E-state index in [9.17, 15) is 50.4 Å². The average Bonchev–Trinajstić information content (AvgIpc) is 1.25. The highest BCUT2D eigenvalue weighted by molar-refractivity contribution is 7.90. The van der Waals surface area contributed by atoms with Crippen molar-refractivity contribution in [1.29, 1.82) is 0 Å². The first kappa shape index (κ1) is 81.9. The zero-order chi connectivity index (χ0) is 74.5. The van der Waals surface area contributed by atoms with E-state index >= 15 is 28.8 Å². The third kappa shape index (κ3) is 21.0. The van der Waals surface area contributed by atoms with Gasteiger partial charge in [-0.15, -0.1) is 0 Å². The quantitative estimate of drug-likeness (QED) is 0.268. The predicted octanol–water partition coefficient (Wildman–Crippen LogP) is 3.89. The molecule has 12 amide bonds. The summed E-state index contributed by atoms with van der Waals surface area (Å²) in [7, 11) is 5.55. The lowest BCUT2D eigenvalue weighted by Crippen LogP contribution is -2.65. The molecule has 5 fully saturated rings. The second-order valence-electron chi connectivity index (χ2n) is 28.9. The van der Waals surface area contributed by atoms with Crippen molar-refractivity contribution in [1.82, 2.24) is 60.0 Å². The fraction of sp³-hybridized carbons (Fsp3) is 0.739. The molecule has 1 aromatic rings. The highest BCUT2D eigenvalue weighted by atomic mass is 35.5. The predicted molar refractivity (Wildman–Crippen MR) is 367 cm³/mol. The maximum atomic E-state index is 15.8. The Morgan fingerprint density at radius 1 is 0.650 bits per heavy atom. The van der Waals surface area contributed by atoms with Crippen LogP contribution in [0.4, 0.5) is 13.2 Å². The molecule has 8 atom stereocenters. The number of nitrogens with zero attached hydrogens (tertiary/aromatic N) is 9. The molecule has 0 radical (unpaired) electrons. The van der Waals surface area contributed by atoms with Crippen LogP contribution in [0.1, 0.15) is 161 Å². The van der Waals surface area contributed by atoms with Crippen LogP contribution in [0, 0.1) is 17.8 Å². The van der Waals surface area contributed by atoms with Gasteiger partial charge in [0.25, 0.3) is 0 Å². The van der Waals surface area contributed by atoms with Crippen LogP contribution in [0.15, 0.2) is 18.2 Å². The van der Waals surface area contributed by atoms with Gasteiger partial charge in [0.05, 0.1) is 42.4 Å². The number of aryl methyl sites for hydroxylation is 1. The van der Waals surface area contributed by atoms with Crippen LogP contribution < -0.4 is 16.0 Å². The van der Waals surface area contributed by atoms with Crippen LogP contribution in [0.25, 0.3) is 0 Å². The van der Waals surface area contributed by atoms with Crippen LogP contribution in [0.3, 0.4) is 0 Å². The molecule has 1 unspecified atom stereocenters. The fourth-order valence-electron chi connectivity index (χ4n) is 14.5. The third-order valence-corrected chi connectivity index (χ3v) is 22.1. The number of alkyl halides is 3. The van der Waals surface area contributed by atoms with Crippen molar-refractivity contribution in [2.75, 3.05) is 101 Å². The van der Waals surface area contributed by atoms with Gasteiger partial charge >= 0.3 is 6.18 Å². The van der Waals surface area contributed by atoms with Crippen molar-refractivity contribution in [3.8, 4) is 0 Å². The van der Waals surface area contributed by atoms with E-state index in [0.717, 1.165) is 63.7 Å². The number of nitrogens with one attached hydrogen (secondary N) is 3. The van der Waals surface area contributed by atoms with Gasteiger partial charge in [0.1, 0.15) is 57.7 Å². The lowest BCUT2D eigenvalue weighted by atomic mass is 9.81. The molecule has 3 heterocycles. The van der Waals surface area contributed by atoms with E-state index in [1.807, 2.05) is 13.8 Å². The third-order valence-electron chi connectivity index (χ3n) is 20.8. The summed E-state index contributed by atoms with van der Waals surface area (Å²) in [6.45, 7) is 5.80. The summed E-state index contributed by atoms with van der Waals surface area (Å²) >= 11 is 6.12. The minimum atomic E-state index is -4.79. The number of likely N-dealkylation sites (tertiary alicyclic amines) is 1. The van der Waals surface area contributed by atoms with Crippen LogP contribution in [0.5, 0.6) is 0 Å². The Balaban J connectivity index is 1.44. The van der Waals surface area contributed by atoms with E-state index in [1.165, 1.54) is 75.0 Å². The van der Waals surface area contributed by atoms with E-state index < -0.39 is 195 Å².